The number of aldehydes is 1. The number of H-pyrrole nitrogens is 2. The first kappa shape index (κ1) is 16.5. The van der Waals surface area contributed by atoms with Crippen molar-refractivity contribution in [2.24, 2.45) is 0 Å². The quantitative estimate of drug-likeness (QED) is 0.504. The van der Waals surface area contributed by atoms with Crippen LogP contribution in [0.5, 0.6) is 0 Å². The van der Waals surface area contributed by atoms with E-state index in [0.717, 1.165) is 27.7 Å². The molecule has 4 rings (SSSR count). The van der Waals surface area contributed by atoms with Crippen molar-refractivity contribution < 1.29 is 13.9 Å². The van der Waals surface area contributed by atoms with Gasteiger partial charge in [-0.1, -0.05) is 22.9 Å². The minimum absolute atomic E-state index is 0.240. The van der Waals surface area contributed by atoms with E-state index in [9.17, 15) is 4.79 Å². The van der Waals surface area contributed by atoms with E-state index in [1.165, 1.54) is 0 Å². The Morgan fingerprint density at radius 1 is 1.35 bits per heavy atom. The molecule has 0 bridgehead atoms. The number of halogens is 1. The lowest BCUT2D eigenvalue weighted by atomic mass is 10.0. The minimum atomic E-state index is 0.240. The molecule has 0 aliphatic carbocycles. The third-order valence-electron chi connectivity index (χ3n) is 4.18. The fraction of sp³-hybridized carbons (Fsp3) is 0.176. The first-order valence-corrected chi connectivity index (χ1v) is 8.16. The second-order valence-corrected chi connectivity index (χ2v) is 6.15. The maximum atomic E-state index is 11.3. The van der Waals surface area contributed by atoms with Gasteiger partial charge in [0.05, 0.1) is 12.3 Å². The van der Waals surface area contributed by atoms with Crippen molar-refractivity contribution in [3.05, 3.63) is 52.2 Å². The van der Waals surface area contributed by atoms with Crippen molar-refractivity contribution in [2.45, 2.75) is 13.0 Å². The lowest BCUT2D eigenvalue weighted by Gasteiger charge is -2.04. The summed E-state index contributed by atoms with van der Waals surface area (Å²) in [6.07, 6.45) is 2.67. The van der Waals surface area contributed by atoms with Gasteiger partial charge in [-0.05, 0) is 17.7 Å². The number of carbonyl (C=O) groups excluding carboxylic acids is 1. The summed E-state index contributed by atoms with van der Waals surface area (Å²) in [5.74, 6) is 0.790. The summed E-state index contributed by atoms with van der Waals surface area (Å²) in [5, 5.41) is 15.7. The van der Waals surface area contributed by atoms with Crippen molar-refractivity contribution in [3.63, 3.8) is 0 Å². The predicted octanol–water partition coefficient (Wildman–Crippen LogP) is 3.14. The number of rotatable bonds is 6. The average Bonchev–Trinajstić information content (AvgIpc) is 3.35. The monoisotopic (exact) mass is 371 g/mol. The van der Waals surface area contributed by atoms with Crippen LogP contribution >= 0.6 is 11.6 Å². The standard InChI is InChI=1S/C17H14ClN5O3/c1-25-7-12-13(8-26-15(12)6-24)17-11(5-16-20-22-23-21-16)10-3-2-9(18)4-14(10)19-17/h2-4,6,8,19H,5,7H2,1H3,(H,20,21,22,23). The lowest BCUT2D eigenvalue weighted by molar-refractivity contribution is 0.109. The number of methoxy groups -OCH3 is 1. The van der Waals surface area contributed by atoms with Crippen LogP contribution in [0.15, 0.2) is 28.9 Å². The van der Waals surface area contributed by atoms with Crippen LogP contribution in [0.3, 0.4) is 0 Å². The highest BCUT2D eigenvalue weighted by molar-refractivity contribution is 6.31. The van der Waals surface area contributed by atoms with Gasteiger partial charge in [-0.15, -0.1) is 10.2 Å². The van der Waals surface area contributed by atoms with Gasteiger partial charge in [0, 0.05) is 40.6 Å². The van der Waals surface area contributed by atoms with Gasteiger partial charge < -0.3 is 14.1 Å². The molecule has 0 aliphatic rings. The number of ether oxygens (including phenoxy) is 1. The normalized spacial score (nSPS) is 11.3. The van der Waals surface area contributed by atoms with Crippen LogP contribution in [0.25, 0.3) is 22.2 Å². The molecule has 0 saturated heterocycles. The van der Waals surface area contributed by atoms with Crippen LogP contribution < -0.4 is 0 Å². The summed E-state index contributed by atoms with van der Waals surface area (Å²) in [4.78, 5) is 14.7. The first-order valence-electron chi connectivity index (χ1n) is 7.78. The Hall–Kier alpha value is -2.97. The number of nitrogens with zero attached hydrogens (tertiary/aromatic N) is 3. The predicted molar refractivity (Wildman–Crippen MR) is 94.1 cm³/mol. The minimum Gasteiger partial charge on any atom is -0.460 e. The Morgan fingerprint density at radius 3 is 2.96 bits per heavy atom. The van der Waals surface area contributed by atoms with Gasteiger partial charge in [-0.3, -0.25) is 4.79 Å². The summed E-state index contributed by atoms with van der Waals surface area (Å²) in [5.41, 5.74) is 4.04. The summed E-state index contributed by atoms with van der Waals surface area (Å²) in [6, 6.07) is 5.60. The van der Waals surface area contributed by atoms with Crippen LogP contribution in [0, 0.1) is 0 Å². The van der Waals surface area contributed by atoms with E-state index >= 15 is 0 Å². The van der Waals surface area contributed by atoms with Crippen molar-refractivity contribution in [2.75, 3.05) is 7.11 Å². The van der Waals surface area contributed by atoms with Gasteiger partial charge in [0.15, 0.2) is 17.9 Å². The number of hydrogen-bond acceptors (Lipinski definition) is 6. The van der Waals surface area contributed by atoms with Crippen LogP contribution in [0.1, 0.15) is 27.5 Å². The molecule has 0 amide bonds. The van der Waals surface area contributed by atoms with Gasteiger partial charge in [0.2, 0.25) is 0 Å². The molecule has 3 heterocycles. The molecule has 1 aromatic carbocycles. The molecule has 8 nitrogen and oxygen atoms in total. The zero-order valence-electron chi connectivity index (χ0n) is 13.7. The fourth-order valence-electron chi connectivity index (χ4n) is 3.06. The third kappa shape index (κ3) is 2.79. The number of aromatic amines is 2. The summed E-state index contributed by atoms with van der Waals surface area (Å²) in [7, 11) is 1.57. The molecule has 0 unspecified atom stereocenters. The number of tetrazole rings is 1. The molecule has 0 aliphatic heterocycles. The molecule has 0 atom stereocenters. The zero-order chi connectivity index (χ0) is 18.1. The number of hydrogen-bond donors (Lipinski definition) is 2. The number of benzene rings is 1. The number of carbonyl (C=O) groups is 1. The Kier molecular flexibility index (Phi) is 4.27. The molecule has 9 heteroatoms. The molecule has 3 aromatic heterocycles. The second kappa shape index (κ2) is 6.74. The maximum Gasteiger partial charge on any atom is 0.185 e. The maximum absolute atomic E-state index is 11.3. The van der Waals surface area contributed by atoms with Crippen molar-refractivity contribution >= 4 is 28.8 Å². The topological polar surface area (TPSA) is 110 Å². The highest BCUT2D eigenvalue weighted by Crippen LogP contribution is 2.36. The first-order chi connectivity index (χ1) is 12.7. The molecule has 26 heavy (non-hydrogen) atoms. The SMILES string of the molecule is COCc1c(-c2[nH]c3cc(Cl)ccc3c2Cc2nn[nH]n2)coc1C=O. The van der Waals surface area contributed by atoms with E-state index in [4.69, 9.17) is 20.8 Å². The van der Waals surface area contributed by atoms with E-state index in [0.29, 0.717) is 29.1 Å². The highest BCUT2D eigenvalue weighted by Gasteiger charge is 2.22. The van der Waals surface area contributed by atoms with Crippen LogP contribution in [-0.2, 0) is 17.8 Å². The Balaban J connectivity index is 1.94. The highest BCUT2D eigenvalue weighted by atomic mass is 35.5. The number of fused-ring (bicyclic) bond motifs is 1. The van der Waals surface area contributed by atoms with Gasteiger partial charge >= 0.3 is 0 Å². The molecule has 2 N–H and O–H groups in total. The Labute approximate surface area is 152 Å². The Bertz CT molecular complexity index is 1070. The number of nitrogens with one attached hydrogen (secondary N) is 2. The van der Waals surface area contributed by atoms with E-state index in [2.05, 4.69) is 25.6 Å². The fourth-order valence-corrected chi connectivity index (χ4v) is 3.23. The second-order valence-electron chi connectivity index (χ2n) is 5.72. The molecule has 0 spiro atoms. The van der Waals surface area contributed by atoms with Gasteiger partial charge in [-0.2, -0.15) is 5.21 Å². The molecule has 0 fully saturated rings. The van der Waals surface area contributed by atoms with Gasteiger partial charge in [0.1, 0.15) is 6.26 Å². The molecule has 0 radical (unpaired) electrons. The number of aromatic nitrogens is 5. The third-order valence-corrected chi connectivity index (χ3v) is 4.42. The molecular formula is C17H14ClN5O3. The Morgan fingerprint density at radius 2 is 2.23 bits per heavy atom. The number of furan rings is 1. The molecule has 4 aromatic rings. The lowest BCUT2D eigenvalue weighted by Crippen LogP contribution is -1.97. The smallest absolute Gasteiger partial charge is 0.185 e. The molecule has 0 saturated carbocycles. The van der Waals surface area contributed by atoms with E-state index in [-0.39, 0.29) is 12.4 Å². The summed E-state index contributed by atoms with van der Waals surface area (Å²) >= 11 is 6.13. The van der Waals surface area contributed by atoms with Crippen molar-refractivity contribution in [3.8, 4) is 11.3 Å². The van der Waals surface area contributed by atoms with E-state index in [1.54, 1.807) is 13.4 Å². The van der Waals surface area contributed by atoms with Gasteiger partial charge in [0.25, 0.3) is 0 Å². The molecule has 132 valence electrons. The van der Waals surface area contributed by atoms with Crippen LogP contribution in [-0.4, -0.2) is 39.0 Å². The van der Waals surface area contributed by atoms with Crippen LogP contribution in [0.2, 0.25) is 5.02 Å². The van der Waals surface area contributed by atoms with Gasteiger partial charge in [-0.25, -0.2) is 0 Å². The van der Waals surface area contributed by atoms with Crippen LogP contribution in [0.4, 0.5) is 0 Å². The van der Waals surface area contributed by atoms with E-state index in [1.807, 2.05) is 18.2 Å². The van der Waals surface area contributed by atoms with Crippen molar-refractivity contribution in [1.29, 1.82) is 0 Å². The zero-order valence-corrected chi connectivity index (χ0v) is 14.5. The average molecular weight is 372 g/mol. The summed E-state index contributed by atoms with van der Waals surface area (Å²) < 4.78 is 10.7. The van der Waals surface area contributed by atoms with E-state index < -0.39 is 0 Å². The largest absolute Gasteiger partial charge is 0.460 e. The van der Waals surface area contributed by atoms with Crippen molar-refractivity contribution in [1.82, 2.24) is 25.6 Å². The summed E-state index contributed by atoms with van der Waals surface area (Å²) in [6.45, 7) is 0.248. The molecular weight excluding hydrogens is 358 g/mol.